The molecular formula is C15H20N2O2. The summed E-state index contributed by atoms with van der Waals surface area (Å²) in [5.74, 6) is 2.58. The Morgan fingerprint density at radius 1 is 1.37 bits per heavy atom. The number of nitrogens with zero attached hydrogens (tertiary/aromatic N) is 1. The molecule has 2 rings (SSSR count). The Kier molecular flexibility index (Phi) is 4.58. The topological polar surface area (TPSA) is 47.3 Å². The van der Waals surface area contributed by atoms with E-state index in [9.17, 15) is 0 Å². The number of ether oxygens (including phenoxy) is 1. The third kappa shape index (κ3) is 3.58. The molecule has 0 radical (unpaired) electrons. The first-order valence-electron chi connectivity index (χ1n) is 6.54. The zero-order valence-electron chi connectivity index (χ0n) is 11.7. The van der Waals surface area contributed by atoms with E-state index < -0.39 is 0 Å². The molecule has 0 bridgehead atoms. The van der Waals surface area contributed by atoms with Crippen LogP contribution in [0.15, 0.2) is 28.8 Å². The van der Waals surface area contributed by atoms with Crippen molar-refractivity contribution in [2.75, 3.05) is 6.54 Å². The molecule has 0 aliphatic rings. The second-order valence-corrected chi connectivity index (χ2v) is 4.45. The van der Waals surface area contributed by atoms with Gasteiger partial charge in [0.1, 0.15) is 23.9 Å². The monoisotopic (exact) mass is 260 g/mol. The van der Waals surface area contributed by atoms with Gasteiger partial charge in [0, 0.05) is 18.3 Å². The molecule has 4 nitrogen and oxygen atoms in total. The van der Waals surface area contributed by atoms with E-state index in [0.29, 0.717) is 6.61 Å². The molecule has 2 aromatic heterocycles. The number of aryl methyl sites for hydroxylation is 2. The molecule has 19 heavy (non-hydrogen) atoms. The summed E-state index contributed by atoms with van der Waals surface area (Å²) in [5, 5.41) is 3.29. The summed E-state index contributed by atoms with van der Waals surface area (Å²) in [4.78, 5) is 4.19. The van der Waals surface area contributed by atoms with Gasteiger partial charge in [0.25, 0.3) is 0 Å². The highest BCUT2D eigenvalue weighted by atomic mass is 16.5. The van der Waals surface area contributed by atoms with Crippen LogP contribution in [0, 0.1) is 13.8 Å². The predicted molar refractivity (Wildman–Crippen MR) is 74.1 cm³/mol. The number of pyridine rings is 1. The van der Waals surface area contributed by atoms with Crippen LogP contribution in [0.2, 0.25) is 0 Å². The van der Waals surface area contributed by atoms with Gasteiger partial charge in [-0.15, -0.1) is 0 Å². The molecule has 0 fully saturated rings. The van der Waals surface area contributed by atoms with Crippen molar-refractivity contribution in [3.63, 3.8) is 0 Å². The van der Waals surface area contributed by atoms with Gasteiger partial charge >= 0.3 is 0 Å². The van der Waals surface area contributed by atoms with Crippen LogP contribution in [-0.4, -0.2) is 11.5 Å². The van der Waals surface area contributed by atoms with Crippen LogP contribution in [0.1, 0.15) is 29.7 Å². The van der Waals surface area contributed by atoms with Crippen LogP contribution in [-0.2, 0) is 13.2 Å². The van der Waals surface area contributed by atoms with Gasteiger partial charge in [-0.2, -0.15) is 0 Å². The van der Waals surface area contributed by atoms with Gasteiger partial charge in [-0.1, -0.05) is 6.92 Å². The molecule has 0 saturated heterocycles. The molecule has 0 spiro atoms. The molecule has 0 aliphatic heterocycles. The average molecular weight is 260 g/mol. The molecule has 0 atom stereocenters. The van der Waals surface area contributed by atoms with Crippen molar-refractivity contribution >= 4 is 0 Å². The van der Waals surface area contributed by atoms with Crippen molar-refractivity contribution in [3.8, 4) is 5.75 Å². The van der Waals surface area contributed by atoms with E-state index in [0.717, 1.165) is 36.1 Å². The molecule has 4 heteroatoms. The van der Waals surface area contributed by atoms with Gasteiger partial charge in [-0.3, -0.25) is 4.98 Å². The van der Waals surface area contributed by atoms with E-state index in [1.807, 2.05) is 32.0 Å². The zero-order valence-corrected chi connectivity index (χ0v) is 11.7. The summed E-state index contributed by atoms with van der Waals surface area (Å²) in [6, 6.07) is 5.83. The first kappa shape index (κ1) is 13.6. The number of nitrogens with one attached hydrogen (secondary N) is 1. The van der Waals surface area contributed by atoms with E-state index in [2.05, 4.69) is 17.2 Å². The average Bonchev–Trinajstić information content (AvgIpc) is 2.76. The molecular weight excluding hydrogens is 240 g/mol. The molecule has 0 aromatic carbocycles. The number of rotatable bonds is 6. The summed E-state index contributed by atoms with van der Waals surface area (Å²) in [6.07, 6.45) is 1.76. The molecule has 0 saturated carbocycles. The molecule has 0 amide bonds. The highest BCUT2D eigenvalue weighted by Gasteiger charge is 2.08. The van der Waals surface area contributed by atoms with Gasteiger partial charge in [-0.05, 0) is 38.6 Å². The largest absolute Gasteiger partial charge is 0.484 e. The van der Waals surface area contributed by atoms with E-state index in [1.54, 1.807) is 6.20 Å². The fourth-order valence-corrected chi connectivity index (χ4v) is 1.86. The van der Waals surface area contributed by atoms with Crippen LogP contribution in [0.25, 0.3) is 0 Å². The standard InChI is InChI=1S/C15H20N2O2/c1-4-16-9-13-8-14(19-12(13)3)10-18-15-6-5-7-17-11(15)2/h5-8,16H,4,9-10H2,1-3H3. The van der Waals surface area contributed by atoms with E-state index in [-0.39, 0.29) is 0 Å². The Hall–Kier alpha value is -1.81. The lowest BCUT2D eigenvalue weighted by atomic mass is 10.2. The zero-order chi connectivity index (χ0) is 13.7. The maximum Gasteiger partial charge on any atom is 0.146 e. The van der Waals surface area contributed by atoms with Gasteiger partial charge in [-0.25, -0.2) is 0 Å². The molecule has 0 aliphatic carbocycles. The van der Waals surface area contributed by atoms with Crippen molar-refractivity contribution in [1.82, 2.24) is 10.3 Å². The second kappa shape index (κ2) is 6.38. The summed E-state index contributed by atoms with van der Waals surface area (Å²) in [5.41, 5.74) is 2.07. The highest BCUT2D eigenvalue weighted by Crippen LogP contribution is 2.19. The normalized spacial score (nSPS) is 10.7. The minimum Gasteiger partial charge on any atom is -0.484 e. The smallest absolute Gasteiger partial charge is 0.146 e. The third-order valence-electron chi connectivity index (χ3n) is 2.97. The minimum atomic E-state index is 0.430. The Balaban J connectivity index is 1.98. The summed E-state index contributed by atoms with van der Waals surface area (Å²) in [7, 11) is 0. The Morgan fingerprint density at radius 2 is 2.21 bits per heavy atom. The Morgan fingerprint density at radius 3 is 2.95 bits per heavy atom. The van der Waals surface area contributed by atoms with E-state index in [4.69, 9.17) is 9.15 Å². The molecule has 0 unspecified atom stereocenters. The molecule has 102 valence electrons. The first-order chi connectivity index (χ1) is 9.20. The lowest BCUT2D eigenvalue weighted by Gasteiger charge is -2.05. The van der Waals surface area contributed by atoms with Gasteiger partial charge in [0.15, 0.2) is 0 Å². The maximum atomic E-state index is 5.72. The number of hydrogen-bond donors (Lipinski definition) is 1. The second-order valence-electron chi connectivity index (χ2n) is 4.45. The minimum absolute atomic E-state index is 0.430. The van der Waals surface area contributed by atoms with Gasteiger partial charge in [0.2, 0.25) is 0 Å². The van der Waals surface area contributed by atoms with Crippen molar-refractivity contribution in [2.24, 2.45) is 0 Å². The Bertz CT molecular complexity index is 535. The van der Waals surface area contributed by atoms with Crippen LogP contribution in [0.4, 0.5) is 0 Å². The summed E-state index contributed by atoms with van der Waals surface area (Å²) >= 11 is 0. The fraction of sp³-hybridized carbons (Fsp3) is 0.400. The van der Waals surface area contributed by atoms with Crippen LogP contribution in [0.5, 0.6) is 5.75 Å². The highest BCUT2D eigenvalue weighted by molar-refractivity contribution is 5.26. The SMILES string of the molecule is CCNCc1cc(COc2cccnc2C)oc1C. The Labute approximate surface area is 113 Å². The van der Waals surface area contributed by atoms with Crippen molar-refractivity contribution in [2.45, 2.75) is 33.9 Å². The van der Waals surface area contributed by atoms with Crippen molar-refractivity contribution in [1.29, 1.82) is 0 Å². The maximum absolute atomic E-state index is 5.72. The van der Waals surface area contributed by atoms with Crippen LogP contribution in [0.3, 0.4) is 0 Å². The molecule has 2 aromatic rings. The predicted octanol–water partition coefficient (Wildman–Crippen LogP) is 2.98. The van der Waals surface area contributed by atoms with Crippen molar-refractivity contribution < 1.29 is 9.15 Å². The number of hydrogen-bond acceptors (Lipinski definition) is 4. The van der Waals surface area contributed by atoms with E-state index >= 15 is 0 Å². The molecule has 1 N–H and O–H groups in total. The summed E-state index contributed by atoms with van der Waals surface area (Å²) < 4.78 is 11.4. The van der Waals surface area contributed by atoms with Gasteiger partial charge in [0.05, 0.1) is 5.69 Å². The lowest BCUT2D eigenvalue weighted by molar-refractivity contribution is 0.265. The molecule has 2 heterocycles. The quantitative estimate of drug-likeness (QED) is 0.867. The third-order valence-corrected chi connectivity index (χ3v) is 2.97. The number of furan rings is 1. The number of aromatic nitrogens is 1. The lowest BCUT2D eigenvalue weighted by Crippen LogP contribution is -2.11. The van der Waals surface area contributed by atoms with Gasteiger partial charge < -0.3 is 14.5 Å². The summed E-state index contributed by atoms with van der Waals surface area (Å²) in [6.45, 7) is 8.21. The fourth-order valence-electron chi connectivity index (χ4n) is 1.86. The van der Waals surface area contributed by atoms with Crippen LogP contribution < -0.4 is 10.1 Å². The van der Waals surface area contributed by atoms with Crippen LogP contribution >= 0.6 is 0 Å². The van der Waals surface area contributed by atoms with E-state index in [1.165, 1.54) is 5.56 Å². The van der Waals surface area contributed by atoms with Crippen molar-refractivity contribution in [3.05, 3.63) is 47.2 Å². The first-order valence-corrected chi connectivity index (χ1v) is 6.54.